The molecule has 5 aromatic rings. The summed E-state index contributed by atoms with van der Waals surface area (Å²) in [6, 6.07) is 17.2. The Balaban J connectivity index is 0.845. The number of rotatable bonds is 17. The summed E-state index contributed by atoms with van der Waals surface area (Å²) in [6.45, 7) is 14.3. The number of ether oxygens (including phenoxy) is 2. The molecule has 0 unspecified atom stereocenters. The van der Waals surface area contributed by atoms with E-state index in [-0.39, 0.29) is 57.4 Å². The number of thiazole rings is 1. The van der Waals surface area contributed by atoms with Crippen LogP contribution in [0.5, 0.6) is 11.5 Å². The Kier molecular flexibility index (Phi) is 17.3. The lowest BCUT2D eigenvalue weighted by Crippen LogP contribution is -2.57. The summed E-state index contributed by atoms with van der Waals surface area (Å²) in [5, 5.41) is 12.5. The molecule has 2 aliphatic rings. The highest BCUT2D eigenvalue weighted by atomic mass is 35.5. The third-order valence-electron chi connectivity index (χ3n) is 12.9. The number of methoxy groups -OCH3 is 2. The van der Waals surface area contributed by atoms with Crippen LogP contribution >= 0.6 is 34.5 Å². The van der Waals surface area contributed by atoms with E-state index in [1.807, 2.05) is 76.5 Å². The van der Waals surface area contributed by atoms with Crippen molar-refractivity contribution in [1.29, 1.82) is 0 Å². The Morgan fingerprint density at radius 1 is 0.887 bits per heavy atom. The third-order valence-corrected chi connectivity index (χ3v) is 14.6. The Morgan fingerprint density at radius 3 is 2.18 bits per heavy atom. The average Bonchev–Trinajstić information content (AvgIpc) is 4.04. The molecule has 5 amide bonds. The van der Waals surface area contributed by atoms with E-state index in [1.54, 1.807) is 29.4 Å². The van der Waals surface area contributed by atoms with Crippen molar-refractivity contribution in [3.8, 4) is 21.9 Å². The molecule has 2 aliphatic heterocycles. The van der Waals surface area contributed by atoms with Crippen LogP contribution in [0.25, 0.3) is 10.4 Å². The molecular formula is C51H63Cl2N11O6S. The minimum Gasteiger partial charge on any atom is -0.495 e. The van der Waals surface area contributed by atoms with E-state index < -0.39 is 23.5 Å². The first-order valence-corrected chi connectivity index (χ1v) is 25.3. The zero-order valence-electron chi connectivity index (χ0n) is 41.5. The van der Waals surface area contributed by atoms with Gasteiger partial charge in [0.25, 0.3) is 0 Å². The molecular weight excluding hydrogens is 966 g/mol. The van der Waals surface area contributed by atoms with E-state index >= 15 is 0 Å². The third kappa shape index (κ3) is 12.8. The Labute approximate surface area is 429 Å². The molecule has 2 saturated heterocycles. The number of aromatic nitrogens is 3. The van der Waals surface area contributed by atoms with Crippen LogP contribution in [0, 0.1) is 12.3 Å². The molecule has 0 spiro atoms. The predicted octanol–water partition coefficient (Wildman–Crippen LogP) is 8.95. The van der Waals surface area contributed by atoms with Crippen molar-refractivity contribution in [1.82, 2.24) is 35.4 Å². The lowest BCUT2D eigenvalue weighted by Gasteiger charge is -2.36. The first kappa shape index (κ1) is 52.6. The van der Waals surface area contributed by atoms with Crippen molar-refractivity contribution >= 4 is 87.0 Å². The molecule has 3 atom stereocenters. The van der Waals surface area contributed by atoms with Gasteiger partial charge in [0.2, 0.25) is 17.7 Å². The molecule has 4 N–H and O–H groups in total. The van der Waals surface area contributed by atoms with Crippen molar-refractivity contribution in [2.45, 2.75) is 78.4 Å². The molecule has 4 heterocycles. The number of likely N-dealkylation sites (tertiary alicyclic amines) is 1. The molecule has 20 heteroatoms. The molecule has 0 radical (unpaired) electrons. The van der Waals surface area contributed by atoms with Crippen molar-refractivity contribution in [3.05, 3.63) is 93.8 Å². The number of benzene rings is 3. The summed E-state index contributed by atoms with van der Waals surface area (Å²) in [7, 11) is 4.46. The van der Waals surface area contributed by atoms with Crippen LogP contribution in [-0.2, 0) is 14.4 Å². The van der Waals surface area contributed by atoms with E-state index in [0.717, 1.165) is 65.8 Å². The van der Waals surface area contributed by atoms with Gasteiger partial charge in [-0.15, -0.1) is 11.3 Å². The van der Waals surface area contributed by atoms with Crippen LogP contribution in [0.3, 0.4) is 0 Å². The molecule has 71 heavy (non-hydrogen) atoms. The molecule has 17 nitrogen and oxygen atoms in total. The van der Waals surface area contributed by atoms with E-state index in [0.29, 0.717) is 37.4 Å². The van der Waals surface area contributed by atoms with Crippen LogP contribution < -0.4 is 40.5 Å². The van der Waals surface area contributed by atoms with Gasteiger partial charge < -0.3 is 40.5 Å². The number of nitrogens with one attached hydrogen (secondary N) is 4. The van der Waals surface area contributed by atoms with Crippen LogP contribution in [0.2, 0.25) is 10.0 Å². The summed E-state index contributed by atoms with van der Waals surface area (Å²) in [5.74, 6) is 0.794. The highest BCUT2D eigenvalue weighted by molar-refractivity contribution is 7.13. The molecule has 2 aromatic heterocycles. The maximum absolute atomic E-state index is 14.2. The summed E-state index contributed by atoms with van der Waals surface area (Å²) >= 11 is 14.5. The number of urea groups is 1. The van der Waals surface area contributed by atoms with Gasteiger partial charge in [-0.25, -0.2) is 19.7 Å². The summed E-state index contributed by atoms with van der Waals surface area (Å²) in [5.41, 5.74) is 6.35. The van der Waals surface area contributed by atoms with Crippen LogP contribution in [0.4, 0.5) is 33.5 Å². The first-order chi connectivity index (χ1) is 33.9. The van der Waals surface area contributed by atoms with Crippen LogP contribution in [0.15, 0.2) is 72.5 Å². The number of anilines is 5. The quantitative estimate of drug-likeness (QED) is 0.0694. The fraction of sp³-hybridized carbons (Fsp3) is 0.431. The maximum atomic E-state index is 14.2. The minimum absolute atomic E-state index is 0.124. The monoisotopic (exact) mass is 1030 g/mol. The molecule has 7 rings (SSSR count). The highest BCUT2D eigenvalue weighted by Gasteiger charge is 2.42. The number of hydrogen-bond acceptors (Lipinski definition) is 13. The predicted molar refractivity (Wildman–Crippen MR) is 282 cm³/mol. The van der Waals surface area contributed by atoms with Crippen molar-refractivity contribution < 1.29 is 28.7 Å². The normalized spacial score (nSPS) is 15.9. The van der Waals surface area contributed by atoms with Gasteiger partial charge in [-0.1, -0.05) is 68.2 Å². The zero-order valence-corrected chi connectivity index (χ0v) is 43.8. The minimum atomic E-state index is -0.773. The van der Waals surface area contributed by atoms with E-state index in [9.17, 15) is 19.2 Å². The second-order valence-electron chi connectivity index (χ2n) is 18.8. The standard InChI is InChI=1S/C51H63Cl2N11O6S/c1-31(33-13-15-34(16-14-33)46-32(2)56-30-71-46)57-48(66)37-11-9-22-64(37)49(67)47(51(3,4)5)59-42(65)12-10-21-62-23-25-63(26-24-62)36-19-17-35(18-20-36)58-40-28-41(55-29-54-40)61(6)50(68)60-45-43(52)38(69-7)27-39(70-8)44(45)53/h13-20,27-31,37,47H,9-12,21-26H2,1-8H3,(H,57,66)(H,59,65)(H,60,68)(H,54,55,58)/t31-,37-,47+/m0/s1. The lowest BCUT2D eigenvalue weighted by molar-refractivity contribution is -0.144. The molecule has 378 valence electrons. The van der Waals surface area contributed by atoms with Crippen molar-refractivity contribution in [2.24, 2.45) is 5.41 Å². The van der Waals surface area contributed by atoms with Gasteiger partial charge in [0.05, 0.1) is 42.0 Å². The number of nitrogens with zero attached hydrogens (tertiary/aromatic N) is 7. The van der Waals surface area contributed by atoms with Crippen molar-refractivity contribution in [3.63, 3.8) is 0 Å². The molecule has 3 aromatic carbocycles. The van der Waals surface area contributed by atoms with Gasteiger partial charge in [0.15, 0.2) is 0 Å². The number of hydrogen-bond donors (Lipinski definition) is 4. The SMILES string of the molecule is COc1cc(OC)c(Cl)c(NC(=O)N(C)c2cc(Nc3ccc(N4CCN(CCCC(=O)N[C@H](C(=O)N5CCC[C@H]5C(=O)N[C@@H](C)c5ccc(-c6scnc6C)cc5)C(C)(C)C)CC4)cc3)ncn2)c1Cl. The topological polar surface area (TPSA) is 186 Å². The molecule has 0 bridgehead atoms. The molecule has 2 fully saturated rings. The largest absolute Gasteiger partial charge is 0.495 e. The van der Waals surface area contributed by atoms with Gasteiger partial charge in [-0.05, 0) is 80.5 Å². The smallest absolute Gasteiger partial charge is 0.327 e. The van der Waals surface area contributed by atoms with Crippen molar-refractivity contribution in [2.75, 3.05) is 81.0 Å². The number of carbonyl (C=O) groups excluding carboxylic acids is 4. The van der Waals surface area contributed by atoms with E-state index in [1.165, 1.54) is 31.5 Å². The van der Waals surface area contributed by atoms with Gasteiger partial charge in [0, 0.05) is 69.7 Å². The Hall–Kier alpha value is -6.21. The summed E-state index contributed by atoms with van der Waals surface area (Å²) in [4.78, 5) is 76.3. The van der Waals surface area contributed by atoms with Gasteiger partial charge >= 0.3 is 6.03 Å². The summed E-state index contributed by atoms with van der Waals surface area (Å²) < 4.78 is 10.6. The number of halogens is 2. The van der Waals surface area contributed by atoms with E-state index in [4.69, 9.17) is 32.7 Å². The fourth-order valence-corrected chi connectivity index (χ4v) is 10.1. The Bertz CT molecular complexity index is 2650. The molecule has 0 saturated carbocycles. The second kappa shape index (κ2) is 23.3. The molecule has 0 aliphatic carbocycles. The van der Waals surface area contributed by atoms with E-state index in [2.05, 4.69) is 58.2 Å². The second-order valence-corrected chi connectivity index (χ2v) is 20.4. The van der Waals surface area contributed by atoms with Gasteiger partial charge in [0.1, 0.15) is 51.6 Å². The summed E-state index contributed by atoms with van der Waals surface area (Å²) in [6.07, 6.45) is 3.59. The van der Waals surface area contributed by atoms with Gasteiger partial charge in [-0.3, -0.25) is 24.2 Å². The maximum Gasteiger partial charge on any atom is 0.327 e. The van der Waals surface area contributed by atoms with Crippen LogP contribution in [0.1, 0.15) is 70.7 Å². The van der Waals surface area contributed by atoms with Crippen LogP contribution in [-0.4, -0.2) is 121 Å². The number of carbonyl (C=O) groups is 4. The average molecular weight is 1030 g/mol. The lowest BCUT2D eigenvalue weighted by atomic mass is 9.85. The fourth-order valence-electron chi connectivity index (χ4n) is 8.73. The highest BCUT2D eigenvalue weighted by Crippen LogP contribution is 2.44. The number of amides is 5. The number of piperazine rings is 1. The number of aryl methyl sites for hydroxylation is 1. The Morgan fingerprint density at radius 2 is 1.56 bits per heavy atom. The zero-order chi connectivity index (χ0) is 51.0. The first-order valence-electron chi connectivity index (χ1n) is 23.7. The van der Waals surface area contributed by atoms with Gasteiger partial charge in [-0.2, -0.15) is 0 Å².